The van der Waals surface area contributed by atoms with Crippen LogP contribution in [0.5, 0.6) is 0 Å². The number of anilines is 1. The molecule has 0 aliphatic rings. The molecule has 1 heterocycles. The topological polar surface area (TPSA) is 118 Å². The number of hydrogen-bond donors (Lipinski definition) is 2. The number of urea groups is 1. The number of nitrogens with zero attached hydrogens (tertiary/aromatic N) is 2. The maximum atomic E-state index is 12.2. The van der Waals surface area contributed by atoms with Gasteiger partial charge in [-0.25, -0.2) is 23.0 Å². The van der Waals surface area contributed by atoms with Gasteiger partial charge in [0.05, 0.1) is 21.7 Å². The predicted octanol–water partition coefficient (Wildman–Crippen LogP) is 3.74. The van der Waals surface area contributed by atoms with Gasteiger partial charge in [0.1, 0.15) is 6.61 Å². The lowest BCUT2D eigenvalue weighted by atomic mass is 10.2. The first kappa shape index (κ1) is 23.8. The largest absolute Gasteiger partial charge is 0.447 e. The lowest BCUT2D eigenvalue weighted by Crippen LogP contribution is -2.39. The molecule has 170 valence electrons. The quantitative estimate of drug-likeness (QED) is 0.514. The van der Waals surface area contributed by atoms with Crippen molar-refractivity contribution < 1.29 is 22.7 Å². The summed E-state index contributed by atoms with van der Waals surface area (Å²) in [5.74, 6) is 0. The van der Waals surface area contributed by atoms with E-state index in [4.69, 9.17) is 16.3 Å². The Hall–Kier alpha value is -2.89. The number of aromatic nitrogens is 1. The highest BCUT2D eigenvalue weighted by Gasteiger charge is 2.14. The van der Waals surface area contributed by atoms with E-state index in [2.05, 4.69) is 15.6 Å². The molecular formula is C20H21ClN4O5S2. The molecule has 0 aliphatic carbocycles. The monoisotopic (exact) mass is 496 g/mol. The van der Waals surface area contributed by atoms with Gasteiger partial charge in [-0.2, -0.15) is 0 Å². The molecule has 0 spiro atoms. The number of rotatable bonds is 7. The van der Waals surface area contributed by atoms with Crippen molar-refractivity contribution in [2.45, 2.75) is 11.4 Å². The van der Waals surface area contributed by atoms with Crippen LogP contribution in [-0.4, -0.2) is 56.9 Å². The van der Waals surface area contributed by atoms with Crippen LogP contribution in [0.3, 0.4) is 0 Å². The van der Waals surface area contributed by atoms with Crippen LogP contribution in [0, 0.1) is 0 Å². The number of benzene rings is 2. The SMILES string of the molecule is CN(CCOC(=O)Nc1nc2ccc(S(C)(=O)=O)cc2s1)C(=O)NCc1ccccc1Cl. The van der Waals surface area contributed by atoms with Crippen molar-refractivity contribution in [3.63, 3.8) is 0 Å². The molecule has 3 amide bonds. The van der Waals surface area contributed by atoms with Crippen molar-refractivity contribution >= 4 is 60.2 Å². The Labute approximate surface area is 194 Å². The van der Waals surface area contributed by atoms with Gasteiger partial charge in [-0.05, 0) is 29.8 Å². The number of amides is 3. The maximum absolute atomic E-state index is 12.2. The molecule has 1 aromatic heterocycles. The molecule has 9 nitrogen and oxygen atoms in total. The fourth-order valence-corrected chi connectivity index (χ4v) is 4.45. The van der Waals surface area contributed by atoms with E-state index in [1.807, 2.05) is 18.2 Å². The maximum Gasteiger partial charge on any atom is 0.413 e. The predicted molar refractivity (Wildman–Crippen MR) is 124 cm³/mol. The smallest absolute Gasteiger partial charge is 0.413 e. The minimum atomic E-state index is -3.33. The minimum absolute atomic E-state index is 0.0228. The van der Waals surface area contributed by atoms with Crippen molar-refractivity contribution in [1.29, 1.82) is 0 Å². The fraction of sp³-hybridized carbons (Fsp3) is 0.250. The lowest BCUT2D eigenvalue weighted by molar-refractivity contribution is 0.146. The van der Waals surface area contributed by atoms with E-state index in [0.717, 1.165) is 23.2 Å². The fourth-order valence-electron chi connectivity index (χ4n) is 2.64. The first-order valence-corrected chi connectivity index (χ1v) is 12.5. The van der Waals surface area contributed by atoms with Crippen LogP contribution in [0.25, 0.3) is 10.2 Å². The molecule has 0 aliphatic heterocycles. The Morgan fingerprint density at radius 3 is 2.69 bits per heavy atom. The average Bonchev–Trinajstić information content (AvgIpc) is 3.13. The molecule has 3 rings (SSSR count). The van der Waals surface area contributed by atoms with Gasteiger partial charge in [0.15, 0.2) is 15.0 Å². The molecule has 0 atom stereocenters. The molecule has 12 heteroatoms. The minimum Gasteiger partial charge on any atom is -0.447 e. The van der Waals surface area contributed by atoms with Crippen LogP contribution in [-0.2, 0) is 21.1 Å². The summed E-state index contributed by atoms with van der Waals surface area (Å²) in [5.41, 5.74) is 1.36. The van der Waals surface area contributed by atoms with Gasteiger partial charge < -0.3 is 15.0 Å². The summed E-state index contributed by atoms with van der Waals surface area (Å²) < 4.78 is 29.1. The van der Waals surface area contributed by atoms with Gasteiger partial charge in [0, 0.05) is 24.9 Å². The Morgan fingerprint density at radius 2 is 1.97 bits per heavy atom. The van der Waals surface area contributed by atoms with Crippen LogP contribution in [0.4, 0.5) is 14.7 Å². The summed E-state index contributed by atoms with van der Waals surface area (Å²) >= 11 is 7.20. The van der Waals surface area contributed by atoms with Gasteiger partial charge in [0.2, 0.25) is 0 Å². The van der Waals surface area contributed by atoms with E-state index in [-0.39, 0.29) is 35.8 Å². The second-order valence-electron chi connectivity index (χ2n) is 6.85. The van der Waals surface area contributed by atoms with Crippen LogP contribution in [0.1, 0.15) is 5.56 Å². The second-order valence-corrected chi connectivity index (χ2v) is 10.3. The first-order valence-electron chi connectivity index (χ1n) is 9.40. The number of halogens is 1. The Kier molecular flexibility index (Phi) is 7.54. The Balaban J connectivity index is 1.45. The van der Waals surface area contributed by atoms with Crippen LogP contribution in [0.15, 0.2) is 47.4 Å². The summed E-state index contributed by atoms with van der Waals surface area (Å²) in [6.07, 6.45) is 0.400. The van der Waals surface area contributed by atoms with Crippen molar-refractivity contribution in [2.24, 2.45) is 0 Å². The lowest BCUT2D eigenvalue weighted by Gasteiger charge is -2.18. The average molecular weight is 497 g/mol. The van der Waals surface area contributed by atoms with Crippen LogP contribution < -0.4 is 10.6 Å². The number of sulfone groups is 1. The number of nitrogens with one attached hydrogen (secondary N) is 2. The zero-order valence-corrected chi connectivity index (χ0v) is 19.7. The van der Waals surface area contributed by atoms with E-state index in [1.54, 1.807) is 19.2 Å². The van der Waals surface area contributed by atoms with Gasteiger partial charge in [-0.3, -0.25) is 5.32 Å². The number of carbonyl (C=O) groups excluding carboxylic acids is 2. The van der Waals surface area contributed by atoms with E-state index >= 15 is 0 Å². The summed E-state index contributed by atoms with van der Waals surface area (Å²) in [6, 6.07) is 11.4. The molecule has 3 aromatic rings. The van der Waals surface area contributed by atoms with Crippen LogP contribution >= 0.6 is 22.9 Å². The van der Waals surface area contributed by atoms with E-state index in [9.17, 15) is 18.0 Å². The Morgan fingerprint density at radius 1 is 1.22 bits per heavy atom. The third kappa shape index (κ3) is 6.31. The number of ether oxygens (including phenoxy) is 1. The molecule has 32 heavy (non-hydrogen) atoms. The molecule has 0 saturated heterocycles. The summed E-state index contributed by atoms with van der Waals surface area (Å²) in [4.78, 5) is 30.0. The van der Waals surface area contributed by atoms with Gasteiger partial charge in [-0.1, -0.05) is 41.1 Å². The van der Waals surface area contributed by atoms with E-state index in [1.165, 1.54) is 17.0 Å². The zero-order valence-electron chi connectivity index (χ0n) is 17.3. The number of carbonyl (C=O) groups is 2. The van der Waals surface area contributed by atoms with Gasteiger partial charge in [-0.15, -0.1) is 0 Å². The number of fused-ring (bicyclic) bond motifs is 1. The molecule has 0 radical (unpaired) electrons. The summed E-state index contributed by atoms with van der Waals surface area (Å²) in [5, 5.41) is 6.10. The van der Waals surface area contributed by atoms with Gasteiger partial charge in [0.25, 0.3) is 0 Å². The molecule has 0 fully saturated rings. The van der Waals surface area contributed by atoms with Crippen molar-refractivity contribution in [3.8, 4) is 0 Å². The second kappa shape index (κ2) is 10.2. The number of thiazole rings is 1. The van der Waals surface area contributed by atoms with Gasteiger partial charge >= 0.3 is 12.1 Å². The van der Waals surface area contributed by atoms with Crippen molar-refractivity contribution in [3.05, 3.63) is 53.1 Å². The highest BCUT2D eigenvalue weighted by atomic mass is 35.5. The van der Waals surface area contributed by atoms with Crippen molar-refractivity contribution in [2.75, 3.05) is 31.8 Å². The number of hydrogen-bond acceptors (Lipinski definition) is 7. The molecule has 0 unspecified atom stereocenters. The van der Waals surface area contributed by atoms with Crippen molar-refractivity contribution in [1.82, 2.24) is 15.2 Å². The summed E-state index contributed by atoms with van der Waals surface area (Å²) in [7, 11) is -1.76. The molecular weight excluding hydrogens is 476 g/mol. The van der Waals surface area contributed by atoms with E-state index in [0.29, 0.717) is 15.2 Å². The number of likely N-dealkylation sites (N-methyl/N-ethyl adjacent to an activating group) is 1. The van der Waals surface area contributed by atoms with E-state index < -0.39 is 15.9 Å². The Bertz CT molecular complexity index is 1250. The third-order valence-corrected chi connectivity index (χ3v) is 6.80. The standard InChI is InChI=1S/C20H21ClN4O5S2/c1-25(19(26)22-12-13-5-3-4-6-15(13)21)9-10-30-20(27)24-18-23-16-8-7-14(32(2,28)29)11-17(16)31-18/h3-8,11H,9-10,12H2,1-2H3,(H,22,26)(H,23,24,27). The molecule has 2 N–H and O–H groups in total. The highest BCUT2D eigenvalue weighted by molar-refractivity contribution is 7.90. The zero-order chi connectivity index (χ0) is 23.3. The van der Waals surface area contributed by atoms with Crippen LogP contribution in [0.2, 0.25) is 5.02 Å². The summed E-state index contributed by atoms with van der Waals surface area (Å²) in [6.45, 7) is 0.438. The highest BCUT2D eigenvalue weighted by Crippen LogP contribution is 2.28. The third-order valence-electron chi connectivity index (χ3n) is 4.39. The molecule has 0 bridgehead atoms. The molecule has 0 saturated carbocycles. The molecule has 2 aromatic carbocycles. The first-order chi connectivity index (χ1) is 15.1. The normalized spacial score (nSPS) is 11.2.